The first-order chi connectivity index (χ1) is 9.04. The molecule has 0 N–H and O–H groups in total. The lowest BCUT2D eigenvalue weighted by atomic mass is 10.1. The highest BCUT2D eigenvalue weighted by atomic mass is 15.1. The maximum Gasteiger partial charge on any atom is 0.103 e. The number of nitriles is 1. The average molecular weight is 251 g/mol. The average Bonchev–Trinajstić information content (AvgIpc) is 2.37. The van der Waals surface area contributed by atoms with Crippen molar-refractivity contribution in [1.29, 1.82) is 5.26 Å². The molecule has 3 nitrogen and oxygen atoms in total. The minimum Gasteiger partial charge on any atom is -0.343 e. The molecule has 0 radical (unpaired) electrons. The van der Waals surface area contributed by atoms with E-state index in [0.29, 0.717) is 5.56 Å². The molecular formula is C16H17N3. The van der Waals surface area contributed by atoms with Crippen molar-refractivity contribution in [2.75, 3.05) is 11.9 Å². The minimum atomic E-state index is 0.636. The number of hydrogen-bond donors (Lipinski definition) is 0. The van der Waals surface area contributed by atoms with Crippen LogP contribution in [0.3, 0.4) is 0 Å². The molecule has 0 atom stereocenters. The zero-order chi connectivity index (χ0) is 14.0. The number of nitrogens with zero attached hydrogens (tertiary/aromatic N) is 3. The Morgan fingerprint density at radius 2 is 1.79 bits per heavy atom. The van der Waals surface area contributed by atoms with E-state index in [-0.39, 0.29) is 0 Å². The van der Waals surface area contributed by atoms with Crippen molar-refractivity contribution in [3.8, 4) is 6.07 Å². The van der Waals surface area contributed by atoms with Crippen molar-refractivity contribution >= 4 is 11.4 Å². The van der Waals surface area contributed by atoms with Crippen LogP contribution in [0.2, 0.25) is 0 Å². The van der Waals surface area contributed by atoms with Gasteiger partial charge in [-0.25, -0.2) is 0 Å². The van der Waals surface area contributed by atoms with E-state index in [4.69, 9.17) is 0 Å². The first kappa shape index (κ1) is 13.1. The summed E-state index contributed by atoms with van der Waals surface area (Å²) < 4.78 is 0. The summed E-state index contributed by atoms with van der Waals surface area (Å²) in [5.74, 6) is 0. The van der Waals surface area contributed by atoms with Crippen molar-refractivity contribution in [2.45, 2.75) is 20.8 Å². The lowest BCUT2D eigenvalue weighted by molar-refractivity contribution is 1.08. The second-order valence-electron chi connectivity index (χ2n) is 4.70. The Hall–Kier alpha value is -2.34. The fourth-order valence-electron chi connectivity index (χ4n) is 2.28. The van der Waals surface area contributed by atoms with E-state index in [0.717, 1.165) is 22.8 Å². The molecule has 0 aliphatic heterocycles. The summed E-state index contributed by atoms with van der Waals surface area (Å²) in [4.78, 5) is 6.41. The summed E-state index contributed by atoms with van der Waals surface area (Å²) in [5.41, 5.74) is 5.52. The standard InChI is InChI=1S/C16H17N3/c1-11-7-5-6-8-15(11)19(4)16-9-12(2)18-13(3)14(16)10-17/h5-9H,1-4H3. The van der Waals surface area contributed by atoms with Crippen LogP contribution in [-0.2, 0) is 0 Å². The Morgan fingerprint density at radius 1 is 1.11 bits per heavy atom. The second kappa shape index (κ2) is 5.11. The number of aryl methyl sites for hydroxylation is 3. The van der Waals surface area contributed by atoms with Crippen LogP contribution >= 0.6 is 0 Å². The Kier molecular flexibility index (Phi) is 3.52. The predicted octanol–water partition coefficient (Wildman–Crippen LogP) is 3.65. The molecule has 0 saturated heterocycles. The first-order valence-corrected chi connectivity index (χ1v) is 6.22. The van der Waals surface area contributed by atoms with Crippen molar-refractivity contribution in [1.82, 2.24) is 4.98 Å². The lowest BCUT2D eigenvalue weighted by Gasteiger charge is -2.23. The SMILES string of the molecule is Cc1cc(N(C)c2ccccc2C)c(C#N)c(C)n1. The summed E-state index contributed by atoms with van der Waals surface area (Å²) in [6.45, 7) is 5.89. The van der Waals surface area contributed by atoms with Gasteiger partial charge in [0.1, 0.15) is 6.07 Å². The van der Waals surface area contributed by atoms with Crippen LogP contribution in [0.1, 0.15) is 22.5 Å². The predicted molar refractivity (Wildman–Crippen MR) is 77.7 cm³/mol. The van der Waals surface area contributed by atoms with Crippen LogP contribution < -0.4 is 4.90 Å². The molecular weight excluding hydrogens is 234 g/mol. The molecule has 2 rings (SSSR count). The van der Waals surface area contributed by atoms with Gasteiger partial charge in [0.25, 0.3) is 0 Å². The van der Waals surface area contributed by atoms with E-state index in [1.54, 1.807) is 0 Å². The molecule has 19 heavy (non-hydrogen) atoms. The quantitative estimate of drug-likeness (QED) is 0.818. The van der Waals surface area contributed by atoms with Gasteiger partial charge in [-0.1, -0.05) is 18.2 Å². The maximum atomic E-state index is 9.34. The number of aromatic nitrogens is 1. The molecule has 0 fully saturated rings. The van der Waals surface area contributed by atoms with Gasteiger partial charge in [0.15, 0.2) is 0 Å². The van der Waals surface area contributed by atoms with E-state index in [1.807, 2.05) is 39.1 Å². The maximum absolute atomic E-state index is 9.34. The highest BCUT2D eigenvalue weighted by Crippen LogP contribution is 2.30. The van der Waals surface area contributed by atoms with Crippen LogP contribution in [0.4, 0.5) is 11.4 Å². The number of para-hydroxylation sites is 1. The summed E-state index contributed by atoms with van der Waals surface area (Å²) in [6.07, 6.45) is 0. The van der Waals surface area contributed by atoms with Crippen LogP contribution in [0, 0.1) is 32.1 Å². The highest BCUT2D eigenvalue weighted by molar-refractivity contribution is 5.71. The molecule has 2 aromatic rings. The second-order valence-corrected chi connectivity index (χ2v) is 4.70. The summed E-state index contributed by atoms with van der Waals surface area (Å²) in [6, 6.07) is 12.4. The summed E-state index contributed by atoms with van der Waals surface area (Å²) in [7, 11) is 1.98. The monoisotopic (exact) mass is 251 g/mol. The van der Waals surface area contributed by atoms with Crippen molar-refractivity contribution in [3.05, 3.63) is 52.8 Å². The molecule has 96 valence electrons. The molecule has 0 saturated carbocycles. The Balaban J connectivity index is 2.60. The molecule has 0 bridgehead atoms. The topological polar surface area (TPSA) is 39.9 Å². The largest absolute Gasteiger partial charge is 0.343 e. The van der Waals surface area contributed by atoms with Gasteiger partial charge in [-0.15, -0.1) is 0 Å². The van der Waals surface area contributed by atoms with E-state index < -0.39 is 0 Å². The zero-order valence-corrected chi connectivity index (χ0v) is 11.7. The van der Waals surface area contributed by atoms with Gasteiger partial charge in [0.05, 0.1) is 16.9 Å². The number of benzene rings is 1. The van der Waals surface area contributed by atoms with Crippen LogP contribution in [0.25, 0.3) is 0 Å². The molecule has 0 spiro atoms. The number of rotatable bonds is 2. The molecule has 0 unspecified atom stereocenters. The van der Waals surface area contributed by atoms with Crippen LogP contribution in [0.5, 0.6) is 0 Å². The number of anilines is 2. The van der Waals surface area contributed by atoms with Gasteiger partial charge in [0, 0.05) is 18.4 Å². The molecule has 0 aliphatic rings. The third kappa shape index (κ3) is 2.43. The van der Waals surface area contributed by atoms with Gasteiger partial charge in [-0.2, -0.15) is 5.26 Å². The molecule has 3 heteroatoms. The van der Waals surface area contributed by atoms with Crippen molar-refractivity contribution < 1.29 is 0 Å². The van der Waals surface area contributed by atoms with E-state index in [2.05, 4.69) is 35.0 Å². The molecule has 1 heterocycles. The Labute approximate surface area is 114 Å². The van der Waals surface area contributed by atoms with Crippen LogP contribution in [0.15, 0.2) is 30.3 Å². The molecule has 0 aliphatic carbocycles. The lowest BCUT2D eigenvalue weighted by Crippen LogP contribution is -2.14. The van der Waals surface area contributed by atoms with Gasteiger partial charge in [-0.05, 0) is 38.5 Å². The fourth-order valence-corrected chi connectivity index (χ4v) is 2.28. The zero-order valence-electron chi connectivity index (χ0n) is 11.7. The third-order valence-electron chi connectivity index (χ3n) is 3.26. The van der Waals surface area contributed by atoms with Crippen LogP contribution in [-0.4, -0.2) is 12.0 Å². The normalized spacial score (nSPS) is 10.1. The van der Waals surface area contributed by atoms with E-state index in [9.17, 15) is 5.26 Å². The van der Waals surface area contributed by atoms with E-state index in [1.165, 1.54) is 5.56 Å². The Morgan fingerprint density at radius 3 is 2.42 bits per heavy atom. The fraction of sp³-hybridized carbons (Fsp3) is 0.250. The van der Waals surface area contributed by atoms with Gasteiger partial charge in [0.2, 0.25) is 0 Å². The highest BCUT2D eigenvalue weighted by Gasteiger charge is 2.14. The smallest absolute Gasteiger partial charge is 0.103 e. The van der Waals surface area contributed by atoms with Crippen molar-refractivity contribution in [2.24, 2.45) is 0 Å². The third-order valence-corrected chi connectivity index (χ3v) is 3.26. The Bertz CT molecular complexity index is 654. The first-order valence-electron chi connectivity index (χ1n) is 6.22. The van der Waals surface area contributed by atoms with Crippen molar-refractivity contribution in [3.63, 3.8) is 0 Å². The van der Waals surface area contributed by atoms with Gasteiger partial charge in [-0.3, -0.25) is 4.98 Å². The van der Waals surface area contributed by atoms with E-state index >= 15 is 0 Å². The minimum absolute atomic E-state index is 0.636. The summed E-state index contributed by atoms with van der Waals surface area (Å²) >= 11 is 0. The van der Waals surface area contributed by atoms with Gasteiger partial charge >= 0.3 is 0 Å². The summed E-state index contributed by atoms with van der Waals surface area (Å²) in [5, 5.41) is 9.34. The number of hydrogen-bond acceptors (Lipinski definition) is 3. The molecule has 0 amide bonds. The number of pyridine rings is 1. The van der Waals surface area contributed by atoms with Gasteiger partial charge < -0.3 is 4.90 Å². The molecule has 1 aromatic heterocycles. The molecule has 1 aromatic carbocycles.